The van der Waals surface area contributed by atoms with Gasteiger partial charge in [0.05, 0.1) is 23.2 Å². The minimum absolute atomic E-state index is 0.242. The van der Waals surface area contributed by atoms with E-state index in [1.54, 1.807) is 30.6 Å². The largest absolute Gasteiger partial charge is 0.359 e. The van der Waals surface area contributed by atoms with Crippen LogP contribution in [0.25, 0.3) is 11.4 Å². The summed E-state index contributed by atoms with van der Waals surface area (Å²) in [5.41, 5.74) is 4.25. The Morgan fingerprint density at radius 1 is 1.25 bits per heavy atom. The smallest absolute Gasteiger partial charge is 0.253 e. The lowest BCUT2D eigenvalue weighted by atomic mass is 10.1. The van der Waals surface area contributed by atoms with Gasteiger partial charge in [-0.15, -0.1) is 0 Å². The predicted molar refractivity (Wildman–Crippen MR) is 113 cm³/mol. The predicted octanol–water partition coefficient (Wildman–Crippen LogP) is 3.45. The molecule has 0 saturated heterocycles. The third-order valence-electron chi connectivity index (χ3n) is 3.92. The first-order valence-electron chi connectivity index (χ1n) is 8.37. The standard InChI is InChI=1S/C19H19BrN4O3S/c1-12-4-3-5-21-18(12)17-8-14(11-22-17)19(25)23-10-13-6-15(20)9-16(7-13)24-28(2,26)27/h3-9,11,22,24H,10H2,1-2H3,(H,23,25). The maximum atomic E-state index is 12.5. The average Bonchev–Trinajstić information content (AvgIpc) is 3.08. The molecule has 7 nitrogen and oxygen atoms in total. The number of H-pyrrole nitrogens is 1. The van der Waals surface area contributed by atoms with Crippen molar-refractivity contribution in [3.63, 3.8) is 0 Å². The normalized spacial score (nSPS) is 11.2. The highest BCUT2D eigenvalue weighted by molar-refractivity contribution is 9.10. The molecule has 3 N–H and O–H groups in total. The topological polar surface area (TPSA) is 104 Å². The molecule has 0 spiro atoms. The van der Waals surface area contributed by atoms with Crippen LogP contribution in [-0.4, -0.2) is 30.5 Å². The Morgan fingerprint density at radius 3 is 2.75 bits per heavy atom. The number of hydrogen-bond donors (Lipinski definition) is 3. The van der Waals surface area contributed by atoms with Gasteiger partial charge < -0.3 is 10.3 Å². The number of hydrogen-bond acceptors (Lipinski definition) is 4. The summed E-state index contributed by atoms with van der Waals surface area (Å²) in [6.45, 7) is 2.21. The lowest BCUT2D eigenvalue weighted by Crippen LogP contribution is -2.22. The SMILES string of the molecule is Cc1cccnc1-c1cc(C(=O)NCc2cc(Br)cc(NS(C)(=O)=O)c2)c[nH]1. The van der Waals surface area contributed by atoms with Gasteiger partial charge in [-0.1, -0.05) is 22.0 Å². The Labute approximate surface area is 171 Å². The zero-order valence-electron chi connectivity index (χ0n) is 15.3. The van der Waals surface area contributed by atoms with Crippen LogP contribution in [0.15, 0.2) is 53.3 Å². The van der Waals surface area contributed by atoms with Crippen molar-refractivity contribution >= 4 is 37.5 Å². The quantitative estimate of drug-likeness (QED) is 0.521. The molecule has 0 saturated carbocycles. The summed E-state index contributed by atoms with van der Waals surface area (Å²) in [5.74, 6) is -0.242. The molecule has 0 aliphatic heterocycles. The van der Waals surface area contributed by atoms with Gasteiger partial charge in [0.2, 0.25) is 10.0 Å². The molecule has 2 aromatic heterocycles. The lowest BCUT2D eigenvalue weighted by Gasteiger charge is -2.09. The Balaban J connectivity index is 1.70. The number of halogens is 1. The summed E-state index contributed by atoms with van der Waals surface area (Å²) in [4.78, 5) is 19.9. The molecule has 9 heteroatoms. The van der Waals surface area contributed by atoms with Gasteiger partial charge in [0.15, 0.2) is 0 Å². The highest BCUT2D eigenvalue weighted by atomic mass is 79.9. The monoisotopic (exact) mass is 462 g/mol. The molecular weight excluding hydrogens is 444 g/mol. The molecular formula is C19H19BrN4O3S. The first kappa shape index (κ1) is 20.1. The second kappa shape index (κ2) is 8.15. The van der Waals surface area contributed by atoms with Crippen LogP contribution < -0.4 is 10.0 Å². The molecule has 0 aliphatic rings. The van der Waals surface area contributed by atoms with Gasteiger partial charge in [-0.3, -0.25) is 14.5 Å². The van der Waals surface area contributed by atoms with Crippen molar-refractivity contribution in [1.29, 1.82) is 0 Å². The summed E-state index contributed by atoms with van der Waals surface area (Å²) in [6, 6.07) is 10.7. The van der Waals surface area contributed by atoms with Crippen LogP contribution in [0.3, 0.4) is 0 Å². The van der Waals surface area contributed by atoms with Crippen molar-refractivity contribution in [2.24, 2.45) is 0 Å². The highest BCUT2D eigenvalue weighted by Gasteiger charge is 2.12. The van der Waals surface area contributed by atoms with Crippen molar-refractivity contribution in [2.75, 3.05) is 11.0 Å². The van der Waals surface area contributed by atoms with E-state index in [4.69, 9.17) is 0 Å². The Kier molecular flexibility index (Phi) is 5.85. The van der Waals surface area contributed by atoms with E-state index in [-0.39, 0.29) is 12.5 Å². The summed E-state index contributed by atoms with van der Waals surface area (Å²) in [5, 5.41) is 2.83. The van der Waals surface area contributed by atoms with Crippen molar-refractivity contribution in [3.05, 3.63) is 70.0 Å². The fourth-order valence-corrected chi connectivity index (χ4v) is 3.83. The average molecular weight is 463 g/mol. The first-order valence-corrected chi connectivity index (χ1v) is 11.1. The molecule has 0 atom stereocenters. The van der Waals surface area contributed by atoms with Crippen LogP contribution in [0, 0.1) is 6.92 Å². The van der Waals surface area contributed by atoms with Crippen LogP contribution in [0.1, 0.15) is 21.5 Å². The molecule has 3 aromatic rings. The number of aromatic amines is 1. The van der Waals surface area contributed by atoms with Crippen LogP contribution in [0.5, 0.6) is 0 Å². The molecule has 0 bridgehead atoms. The number of amides is 1. The summed E-state index contributed by atoms with van der Waals surface area (Å²) in [6.07, 6.45) is 4.43. The molecule has 3 rings (SSSR count). The van der Waals surface area contributed by atoms with E-state index in [0.717, 1.165) is 28.8 Å². The third kappa shape index (κ3) is 5.20. The van der Waals surface area contributed by atoms with E-state index in [0.29, 0.717) is 15.7 Å². The molecule has 0 aliphatic carbocycles. The second-order valence-electron chi connectivity index (χ2n) is 6.38. The minimum atomic E-state index is -3.38. The van der Waals surface area contributed by atoms with Crippen molar-refractivity contribution < 1.29 is 13.2 Å². The van der Waals surface area contributed by atoms with E-state index in [2.05, 4.69) is 35.9 Å². The maximum Gasteiger partial charge on any atom is 0.253 e. The van der Waals surface area contributed by atoms with E-state index >= 15 is 0 Å². The Morgan fingerprint density at radius 2 is 2.04 bits per heavy atom. The number of anilines is 1. The molecule has 1 aromatic carbocycles. The number of nitrogens with zero attached hydrogens (tertiary/aromatic N) is 1. The minimum Gasteiger partial charge on any atom is -0.359 e. The van der Waals surface area contributed by atoms with Crippen LogP contribution in [-0.2, 0) is 16.6 Å². The van der Waals surface area contributed by atoms with Crippen LogP contribution in [0.4, 0.5) is 5.69 Å². The van der Waals surface area contributed by atoms with Gasteiger partial charge in [-0.25, -0.2) is 8.42 Å². The molecule has 146 valence electrons. The van der Waals surface area contributed by atoms with Crippen LogP contribution >= 0.6 is 15.9 Å². The van der Waals surface area contributed by atoms with Crippen molar-refractivity contribution in [1.82, 2.24) is 15.3 Å². The molecule has 2 heterocycles. The lowest BCUT2D eigenvalue weighted by molar-refractivity contribution is 0.0951. The molecule has 0 radical (unpaired) electrons. The Hall–Kier alpha value is -2.65. The van der Waals surface area contributed by atoms with Gasteiger partial charge in [0, 0.05) is 29.1 Å². The maximum absolute atomic E-state index is 12.5. The number of pyridine rings is 1. The number of benzene rings is 1. The van der Waals surface area contributed by atoms with Gasteiger partial charge in [0.1, 0.15) is 0 Å². The van der Waals surface area contributed by atoms with Gasteiger partial charge in [0.25, 0.3) is 5.91 Å². The summed E-state index contributed by atoms with van der Waals surface area (Å²) >= 11 is 3.35. The molecule has 0 unspecified atom stereocenters. The number of aryl methyl sites for hydroxylation is 1. The third-order valence-corrected chi connectivity index (χ3v) is 4.99. The van der Waals surface area contributed by atoms with E-state index in [1.807, 2.05) is 25.1 Å². The number of sulfonamides is 1. The van der Waals surface area contributed by atoms with Gasteiger partial charge in [-0.05, 0) is 48.4 Å². The zero-order valence-corrected chi connectivity index (χ0v) is 17.7. The summed E-state index contributed by atoms with van der Waals surface area (Å²) in [7, 11) is -3.38. The molecule has 28 heavy (non-hydrogen) atoms. The first-order chi connectivity index (χ1) is 13.2. The number of aromatic nitrogens is 2. The number of rotatable bonds is 6. The number of carbonyl (C=O) groups is 1. The van der Waals surface area contributed by atoms with E-state index < -0.39 is 10.0 Å². The van der Waals surface area contributed by atoms with Crippen molar-refractivity contribution in [2.45, 2.75) is 13.5 Å². The molecule has 1 amide bonds. The van der Waals surface area contributed by atoms with E-state index in [9.17, 15) is 13.2 Å². The zero-order chi connectivity index (χ0) is 20.3. The number of carbonyl (C=O) groups excluding carboxylic acids is 1. The second-order valence-corrected chi connectivity index (χ2v) is 9.04. The van der Waals surface area contributed by atoms with Gasteiger partial charge in [-0.2, -0.15) is 0 Å². The Bertz CT molecular complexity index is 1130. The van der Waals surface area contributed by atoms with E-state index in [1.165, 1.54) is 0 Å². The fraction of sp³-hybridized carbons (Fsp3) is 0.158. The van der Waals surface area contributed by atoms with Crippen LogP contribution in [0.2, 0.25) is 0 Å². The van der Waals surface area contributed by atoms with Crippen molar-refractivity contribution in [3.8, 4) is 11.4 Å². The highest BCUT2D eigenvalue weighted by Crippen LogP contribution is 2.22. The van der Waals surface area contributed by atoms with Gasteiger partial charge >= 0.3 is 0 Å². The number of nitrogens with one attached hydrogen (secondary N) is 3. The molecule has 0 fully saturated rings. The summed E-state index contributed by atoms with van der Waals surface area (Å²) < 4.78 is 26.0. The fourth-order valence-electron chi connectivity index (χ4n) is 2.74.